The van der Waals surface area contributed by atoms with E-state index in [9.17, 15) is 4.79 Å². The van der Waals surface area contributed by atoms with Crippen molar-refractivity contribution in [2.45, 2.75) is 13.8 Å². The zero-order valence-corrected chi connectivity index (χ0v) is 7.53. The van der Waals surface area contributed by atoms with E-state index in [0.29, 0.717) is 0 Å². The van der Waals surface area contributed by atoms with Crippen LogP contribution in [0.3, 0.4) is 0 Å². The maximum absolute atomic E-state index is 10.9. The quantitative estimate of drug-likeness (QED) is 0.619. The molecule has 0 atom stereocenters. The molecule has 1 heterocycles. The highest BCUT2D eigenvalue weighted by molar-refractivity contribution is 5.96. The predicted octanol–water partition coefficient (Wildman–Crippen LogP) is 1.41. The van der Waals surface area contributed by atoms with Crippen LogP contribution in [0, 0.1) is 0 Å². The van der Waals surface area contributed by atoms with E-state index in [1.54, 1.807) is 24.7 Å². The SMILES string of the molecule is CC(=O)C(C)=Cc1ccnn1C. The number of allylic oxidation sites excluding steroid dienone is 1. The Morgan fingerprint density at radius 3 is 2.67 bits per heavy atom. The molecule has 0 amide bonds. The van der Waals surface area contributed by atoms with Crippen LogP contribution >= 0.6 is 0 Å². The summed E-state index contributed by atoms with van der Waals surface area (Å²) in [6, 6.07) is 1.87. The maximum Gasteiger partial charge on any atom is 0.155 e. The number of aromatic nitrogens is 2. The van der Waals surface area contributed by atoms with E-state index >= 15 is 0 Å². The second-order valence-electron chi connectivity index (χ2n) is 2.76. The molecule has 12 heavy (non-hydrogen) atoms. The first kappa shape index (κ1) is 8.71. The Labute approximate surface area is 71.7 Å². The van der Waals surface area contributed by atoms with E-state index in [-0.39, 0.29) is 5.78 Å². The molecule has 0 N–H and O–H groups in total. The van der Waals surface area contributed by atoms with Crippen LogP contribution in [-0.4, -0.2) is 15.6 Å². The Balaban J connectivity index is 2.95. The monoisotopic (exact) mass is 164 g/mol. The first-order valence-corrected chi connectivity index (χ1v) is 3.78. The van der Waals surface area contributed by atoms with Gasteiger partial charge in [0.05, 0.1) is 5.69 Å². The minimum Gasteiger partial charge on any atom is -0.295 e. The van der Waals surface area contributed by atoms with Crippen LogP contribution < -0.4 is 0 Å². The van der Waals surface area contributed by atoms with Crippen molar-refractivity contribution in [3.05, 3.63) is 23.5 Å². The van der Waals surface area contributed by atoms with Crippen LogP contribution in [0.25, 0.3) is 6.08 Å². The van der Waals surface area contributed by atoms with Gasteiger partial charge in [-0.15, -0.1) is 0 Å². The van der Waals surface area contributed by atoms with Gasteiger partial charge in [0.25, 0.3) is 0 Å². The van der Waals surface area contributed by atoms with Crippen LogP contribution in [0.2, 0.25) is 0 Å². The van der Waals surface area contributed by atoms with E-state index < -0.39 is 0 Å². The van der Waals surface area contributed by atoms with Crippen molar-refractivity contribution in [3.8, 4) is 0 Å². The number of hydrogen-bond donors (Lipinski definition) is 0. The fourth-order valence-electron chi connectivity index (χ4n) is 0.849. The number of carbonyl (C=O) groups is 1. The van der Waals surface area contributed by atoms with Gasteiger partial charge < -0.3 is 0 Å². The van der Waals surface area contributed by atoms with E-state index in [1.807, 2.05) is 19.2 Å². The van der Waals surface area contributed by atoms with E-state index in [1.165, 1.54) is 0 Å². The smallest absolute Gasteiger partial charge is 0.155 e. The van der Waals surface area contributed by atoms with Gasteiger partial charge in [-0.25, -0.2) is 0 Å². The van der Waals surface area contributed by atoms with Crippen LogP contribution in [0.1, 0.15) is 19.5 Å². The highest BCUT2D eigenvalue weighted by Gasteiger charge is 1.98. The summed E-state index contributed by atoms with van der Waals surface area (Å²) >= 11 is 0. The summed E-state index contributed by atoms with van der Waals surface area (Å²) in [4.78, 5) is 10.9. The lowest BCUT2D eigenvalue weighted by molar-refractivity contribution is -0.113. The molecular weight excluding hydrogens is 152 g/mol. The van der Waals surface area contributed by atoms with Gasteiger partial charge in [-0.3, -0.25) is 9.48 Å². The van der Waals surface area contributed by atoms with Crippen molar-refractivity contribution in [3.63, 3.8) is 0 Å². The number of rotatable bonds is 2. The summed E-state index contributed by atoms with van der Waals surface area (Å²) in [5.74, 6) is 0.0937. The number of carbonyl (C=O) groups excluding carboxylic acids is 1. The average Bonchev–Trinajstić information content (AvgIpc) is 2.36. The van der Waals surface area contributed by atoms with Crippen LogP contribution in [0.5, 0.6) is 0 Å². The zero-order valence-electron chi connectivity index (χ0n) is 7.53. The maximum atomic E-state index is 10.9. The van der Waals surface area contributed by atoms with Crippen molar-refractivity contribution >= 4 is 11.9 Å². The minimum atomic E-state index is 0.0937. The van der Waals surface area contributed by atoms with E-state index in [0.717, 1.165) is 11.3 Å². The fraction of sp³-hybridized carbons (Fsp3) is 0.333. The van der Waals surface area contributed by atoms with Gasteiger partial charge in [0.15, 0.2) is 5.78 Å². The number of hydrogen-bond acceptors (Lipinski definition) is 2. The molecule has 0 bridgehead atoms. The predicted molar refractivity (Wildman–Crippen MR) is 47.5 cm³/mol. The molecule has 0 unspecified atom stereocenters. The minimum absolute atomic E-state index is 0.0937. The number of ketones is 1. The fourth-order valence-corrected chi connectivity index (χ4v) is 0.849. The Morgan fingerprint density at radius 1 is 1.58 bits per heavy atom. The zero-order chi connectivity index (χ0) is 9.14. The molecule has 3 nitrogen and oxygen atoms in total. The first-order chi connectivity index (χ1) is 5.61. The number of aryl methyl sites for hydroxylation is 1. The van der Waals surface area contributed by atoms with Gasteiger partial charge in [-0.1, -0.05) is 0 Å². The molecule has 0 radical (unpaired) electrons. The van der Waals surface area contributed by atoms with E-state index in [4.69, 9.17) is 0 Å². The lowest BCUT2D eigenvalue weighted by Crippen LogP contribution is -1.96. The number of Topliss-reactive ketones (excluding diaryl/α,β-unsaturated/α-hetero) is 1. The van der Waals surface area contributed by atoms with Crippen molar-refractivity contribution in [2.75, 3.05) is 0 Å². The second kappa shape index (κ2) is 3.34. The first-order valence-electron chi connectivity index (χ1n) is 3.78. The third-order valence-corrected chi connectivity index (χ3v) is 1.78. The topological polar surface area (TPSA) is 34.9 Å². The van der Waals surface area contributed by atoms with Crippen molar-refractivity contribution in [2.24, 2.45) is 7.05 Å². The molecule has 3 heteroatoms. The Kier molecular flexibility index (Phi) is 2.43. The molecule has 0 saturated carbocycles. The molecular formula is C9H12N2O. The molecule has 0 aromatic carbocycles. The highest BCUT2D eigenvalue weighted by Crippen LogP contribution is 2.05. The van der Waals surface area contributed by atoms with Gasteiger partial charge in [0, 0.05) is 13.2 Å². The molecule has 0 aliphatic rings. The lowest BCUT2D eigenvalue weighted by atomic mass is 10.2. The van der Waals surface area contributed by atoms with Crippen LogP contribution in [-0.2, 0) is 11.8 Å². The van der Waals surface area contributed by atoms with Crippen LogP contribution in [0.15, 0.2) is 17.8 Å². The highest BCUT2D eigenvalue weighted by atomic mass is 16.1. The Hall–Kier alpha value is -1.38. The molecule has 0 saturated heterocycles. The third-order valence-electron chi connectivity index (χ3n) is 1.78. The Bertz CT molecular complexity index is 323. The summed E-state index contributed by atoms with van der Waals surface area (Å²) in [5, 5.41) is 3.99. The van der Waals surface area contributed by atoms with Gasteiger partial charge >= 0.3 is 0 Å². The molecule has 0 aliphatic heterocycles. The van der Waals surface area contributed by atoms with E-state index in [2.05, 4.69) is 5.10 Å². The van der Waals surface area contributed by atoms with Gasteiger partial charge in [-0.05, 0) is 31.6 Å². The summed E-state index contributed by atoms with van der Waals surface area (Å²) in [6.07, 6.45) is 3.54. The Morgan fingerprint density at radius 2 is 2.25 bits per heavy atom. The second-order valence-corrected chi connectivity index (χ2v) is 2.76. The average molecular weight is 164 g/mol. The molecule has 1 aromatic heterocycles. The van der Waals surface area contributed by atoms with Gasteiger partial charge in [0.1, 0.15) is 0 Å². The largest absolute Gasteiger partial charge is 0.295 e. The van der Waals surface area contributed by atoms with Gasteiger partial charge in [0.2, 0.25) is 0 Å². The molecule has 0 fully saturated rings. The van der Waals surface area contributed by atoms with Crippen molar-refractivity contribution in [1.82, 2.24) is 9.78 Å². The third kappa shape index (κ3) is 1.81. The van der Waals surface area contributed by atoms with Crippen molar-refractivity contribution < 1.29 is 4.79 Å². The molecule has 1 aromatic rings. The molecule has 64 valence electrons. The number of nitrogens with zero attached hydrogens (tertiary/aromatic N) is 2. The molecule has 1 rings (SSSR count). The normalized spacial score (nSPS) is 11.8. The van der Waals surface area contributed by atoms with Crippen LogP contribution in [0.4, 0.5) is 0 Å². The lowest BCUT2D eigenvalue weighted by Gasteiger charge is -1.96. The molecule has 0 spiro atoms. The summed E-state index contributed by atoms with van der Waals surface area (Å²) < 4.78 is 1.73. The summed E-state index contributed by atoms with van der Waals surface area (Å²) in [7, 11) is 1.85. The summed E-state index contributed by atoms with van der Waals surface area (Å²) in [6.45, 7) is 3.36. The standard InChI is InChI=1S/C9H12N2O/c1-7(8(2)12)6-9-4-5-10-11(9)3/h4-6H,1-3H3. The molecule has 0 aliphatic carbocycles. The van der Waals surface area contributed by atoms with Gasteiger partial charge in [-0.2, -0.15) is 5.10 Å². The summed E-state index contributed by atoms with van der Waals surface area (Å²) in [5.41, 5.74) is 1.70. The van der Waals surface area contributed by atoms with Crippen molar-refractivity contribution in [1.29, 1.82) is 0 Å².